The fourth-order valence-electron chi connectivity index (χ4n) is 3.37. The Morgan fingerprint density at radius 2 is 1.86 bits per heavy atom. The Balaban J connectivity index is 1.52. The summed E-state index contributed by atoms with van der Waals surface area (Å²) < 4.78 is 26.8. The predicted molar refractivity (Wildman–Crippen MR) is 128 cm³/mol. The third-order valence-corrected chi connectivity index (χ3v) is 5.97. The third kappa shape index (κ3) is 5.41. The highest BCUT2D eigenvalue weighted by Gasteiger charge is 2.21. The summed E-state index contributed by atoms with van der Waals surface area (Å²) in [5.41, 5.74) is 7.03. The van der Waals surface area contributed by atoms with Gasteiger partial charge in [-0.15, -0.1) is 11.3 Å². The van der Waals surface area contributed by atoms with Crippen LogP contribution in [0.3, 0.4) is 0 Å². The summed E-state index contributed by atoms with van der Waals surface area (Å²) in [5, 5.41) is 33.7. The van der Waals surface area contributed by atoms with Crippen LogP contribution in [0.2, 0.25) is 0 Å². The normalized spacial score (nSPS) is 11.0. The van der Waals surface area contributed by atoms with Gasteiger partial charge in [-0.05, 0) is 31.2 Å². The first-order valence-electron chi connectivity index (χ1n) is 10.5. The number of aromatic nitrogens is 3. The standard InChI is InChI=1S/C24H22FN5O4S/c1-14-28-10-21(35-14)13-33-19-6-16(25)7-20(8-19)34-18-4-2-15(3-5-18)23-22(9-26)24(27)30(29-23)17(11-31)12-32/h2-8,10,17,31-32H,11-13,27H2,1H3. The van der Waals surface area contributed by atoms with Crippen molar-refractivity contribution in [1.82, 2.24) is 14.8 Å². The molecule has 0 radical (unpaired) electrons. The molecule has 0 saturated heterocycles. The van der Waals surface area contributed by atoms with E-state index in [1.54, 1.807) is 36.5 Å². The van der Waals surface area contributed by atoms with Gasteiger partial charge in [-0.2, -0.15) is 10.4 Å². The molecule has 2 aromatic carbocycles. The molecule has 0 aliphatic heterocycles. The van der Waals surface area contributed by atoms with Crippen LogP contribution in [0.4, 0.5) is 10.2 Å². The number of aliphatic hydroxyl groups is 2. The molecule has 35 heavy (non-hydrogen) atoms. The van der Waals surface area contributed by atoms with Crippen molar-refractivity contribution in [3.63, 3.8) is 0 Å². The van der Waals surface area contributed by atoms with Gasteiger partial charge < -0.3 is 25.4 Å². The smallest absolute Gasteiger partial charge is 0.140 e. The Labute approximate surface area is 204 Å². The number of hydrogen-bond donors (Lipinski definition) is 3. The molecule has 0 amide bonds. The Morgan fingerprint density at radius 3 is 2.49 bits per heavy atom. The van der Waals surface area contributed by atoms with E-state index in [4.69, 9.17) is 15.2 Å². The SMILES string of the molecule is Cc1ncc(COc2cc(F)cc(Oc3ccc(-c4nn(C(CO)CO)c(N)c4C#N)cc3)c2)s1. The van der Waals surface area contributed by atoms with Gasteiger partial charge in [0.1, 0.15) is 58.9 Å². The van der Waals surface area contributed by atoms with Crippen molar-refractivity contribution in [2.75, 3.05) is 18.9 Å². The van der Waals surface area contributed by atoms with Gasteiger partial charge in [0.2, 0.25) is 0 Å². The highest BCUT2D eigenvalue weighted by Crippen LogP contribution is 2.32. The molecule has 2 heterocycles. The lowest BCUT2D eigenvalue weighted by Gasteiger charge is -2.12. The molecule has 0 saturated carbocycles. The van der Waals surface area contributed by atoms with Crippen LogP contribution in [0.15, 0.2) is 48.7 Å². The van der Waals surface area contributed by atoms with Gasteiger partial charge in [0.15, 0.2) is 0 Å². The lowest BCUT2D eigenvalue weighted by molar-refractivity contribution is 0.148. The number of hydrogen-bond acceptors (Lipinski definition) is 9. The van der Waals surface area contributed by atoms with Crippen molar-refractivity contribution < 1.29 is 24.1 Å². The lowest BCUT2D eigenvalue weighted by atomic mass is 10.1. The van der Waals surface area contributed by atoms with Gasteiger partial charge >= 0.3 is 0 Å². The van der Waals surface area contributed by atoms with E-state index >= 15 is 0 Å². The zero-order valence-corrected chi connectivity index (χ0v) is 19.5. The Morgan fingerprint density at radius 1 is 1.14 bits per heavy atom. The van der Waals surface area contributed by atoms with Crippen LogP contribution < -0.4 is 15.2 Å². The van der Waals surface area contributed by atoms with Crippen LogP contribution in [-0.4, -0.2) is 38.2 Å². The third-order valence-electron chi connectivity index (χ3n) is 5.09. The summed E-state index contributed by atoms with van der Waals surface area (Å²) in [6, 6.07) is 12.0. The first-order valence-corrected chi connectivity index (χ1v) is 11.4. The molecular formula is C24H22FN5O4S. The van der Waals surface area contributed by atoms with Crippen molar-refractivity contribution in [2.45, 2.75) is 19.6 Å². The van der Waals surface area contributed by atoms with E-state index in [0.717, 1.165) is 9.88 Å². The van der Waals surface area contributed by atoms with Crippen molar-refractivity contribution in [2.24, 2.45) is 0 Å². The van der Waals surface area contributed by atoms with Crippen LogP contribution in [-0.2, 0) is 6.61 Å². The molecule has 4 N–H and O–H groups in total. The molecule has 0 fully saturated rings. The Kier molecular flexibility index (Phi) is 7.26. The van der Waals surface area contributed by atoms with Gasteiger partial charge in [-0.1, -0.05) is 0 Å². The summed E-state index contributed by atoms with van der Waals surface area (Å²) >= 11 is 1.51. The van der Waals surface area contributed by atoms with E-state index in [0.29, 0.717) is 22.8 Å². The molecule has 180 valence electrons. The molecule has 4 aromatic rings. The van der Waals surface area contributed by atoms with Gasteiger partial charge in [0.05, 0.1) is 23.1 Å². The zero-order valence-electron chi connectivity index (χ0n) is 18.7. The number of aryl methyl sites for hydroxylation is 1. The molecule has 0 spiro atoms. The Bertz CT molecular complexity index is 1360. The average molecular weight is 496 g/mol. The second-order valence-electron chi connectivity index (χ2n) is 7.57. The molecule has 0 aliphatic carbocycles. The van der Waals surface area contributed by atoms with Crippen molar-refractivity contribution in [3.8, 4) is 34.6 Å². The minimum Gasteiger partial charge on any atom is -0.488 e. The Hall–Kier alpha value is -3.98. The number of ether oxygens (including phenoxy) is 2. The van der Waals surface area contributed by atoms with Gasteiger partial charge in [-0.3, -0.25) is 0 Å². The van der Waals surface area contributed by atoms with Crippen LogP contribution in [0.25, 0.3) is 11.3 Å². The van der Waals surface area contributed by atoms with Crippen molar-refractivity contribution >= 4 is 17.2 Å². The highest BCUT2D eigenvalue weighted by atomic mass is 32.1. The van der Waals surface area contributed by atoms with E-state index < -0.39 is 11.9 Å². The van der Waals surface area contributed by atoms with E-state index in [-0.39, 0.29) is 37.0 Å². The number of nitrogens with zero attached hydrogens (tertiary/aromatic N) is 4. The lowest BCUT2D eigenvalue weighted by Crippen LogP contribution is -2.20. The first kappa shape index (κ1) is 24.2. The predicted octanol–water partition coefficient (Wildman–Crippen LogP) is 3.81. The molecule has 0 unspecified atom stereocenters. The van der Waals surface area contributed by atoms with Crippen molar-refractivity contribution in [1.29, 1.82) is 5.26 Å². The maximum absolute atomic E-state index is 14.1. The number of halogens is 1. The second-order valence-corrected chi connectivity index (χ2v) is 8.89. The van der Waals surface area contributed by atoms with Gasteiger partial charge in [0, 0.05) is 30.0 Å². The van der Waals surface area contributed by atoms with E-state index in [1.807, 2.05) is 13.0 Å². The summed E-state index contributed by atoms with van der Waals surface area (Å²) in [5.74, 6) is 0.559. The maximum Gasteiger partial charge on any atom is 0.140 e. The number of thiazole rings is 1. The molecule has 0 bridgehead atoms. The summed E-state index contributed by atoms with van der Waals surface area (Å²) in [6.07, 6.45) is 1.72. The van der Waals surface area contributed by atoms with E-state index in [1.165, 1.54) is 28.2 Å². The number of aliphatic hydroxyl groups excluding tert-OH is 2. The molecule has 2 aromatic heterocycles. The number of rotatable bonds is 9. The van der Waals surface area contributed by atoms with Crippen LogP contribution in [0, 0.1) is 24.1 Å². The summed E-state index contributed by atoms with van der Waals surface area (Å²) in [6.45, 7) is 1.40. The second kappa shape index (κ2) is 10.5. The minimum absolute atomic E-state index is 0.0525. The van der Waals surface area contributed by atoms with Gasteiger partial charge in [0.25, 0.3) is 0 Å². The first-order chi connectivity index (χ1) is 16.9. The fraction of sp³-hybridized carbons (Fsp3) is 0.208. The summed E-state index contributed by atoms with van der Waals surface area (Å²) in [4.78, 5) is 5.09. The van der Waals surface area contributed by atoms with Crippen molar-refractivity contribution in [3.05, 3.63) is 69.9 Å². The molecule has 11 heteroatoms. The number of benzene rings is 2. The van der Waals surface area contributed by atoms with E-state index in [9.17, 15) is 19.9 Å². The van der Waals surface area contributed by atoms with Crippen LogP contribution in [0.1, 0.15) is 21.5 Å². The minimum atomic E-state index is -0.761. The summed E-state index contributed by atoms with van der Waals surface area (Å²) in [7, 11) is 0. The maximum atomic E-state index is 14.1. The molecule has 4 rings (SSSR count). The zero-order chi connectivity index (χ0) is 24.9. The number of nitrogen functional groups attached to an aromatic ring is 1. The molecule has 0 atom stereocenters. The molecule has 0 aliphatic rings. The molecular weight excluding hydrogens is 473 g/mol. The van der Waals surface area contributed by atoms with Crippen LogP contribution >= 0.6 is 11.3 Å². The topological polar surface area (TPSA) is 139 Å². The number of nitrogens with two attached hydrogens (primary N) is 1. The van der Waals surface area contributed by atoms with Gasteiger partial charge in [-0.25, -0.2) is 14.1 Å². The fourth-order valence-corrected chi connectivity index (χ4v) is 4.08. The van der Waals surface area contributed by atoms with E-state index in [2.05, 4.69) is 10.1 Å². The number of nitriles is 1. The highest BCUT2D eigenvalue weighted by molar-refractivity contribution is 7.11. The number of anilines is 1. The van der Waals surface area contributed by atoms with Crippen LogP contribution in [0.5, 0.6) is 17.2 Å². The molecule has 9 nitrogen and oxygen atoms in total. The quantitative estimate of drug-likeness (QED) is 0.319. The monoisotopic (exact) mass is 495 g/mol. The average Bonchev–Trinajstić information content (AvgIpc) is 3.41. The largest absolute Gasteiger partial charge is 0.488 e.